The van der Waals surface area contributed by atoms with E-state index in [1.807, 2.05) is 0 Å². The molecule has 2 atom stereocenters. The lowest BCUT2D eigenvalue weighted by Gasteiger charge is -2.42. The summed E-state index contributed by atoms with van der Waals surface area (Å²) in [4.78, 5) is 24.8. The lowest BCUT2D eigenvalue weighted by Crippen LogP contribution is -2.59. The van der Waals surface area contributed by atoms with Gasteiger partial charge in [0.15, 0.2) is 4.90 Å². The predicted molar refractivity (Wildman–Crippen MR) is 128 cm³/mol. The summed E-state index contributed by atoms with van der Waals surface area (Å²) in [6, 6.07) is 4.06. The smallest absolute Gasteiger partial charge is 0.324 e. The number of esters is 1. The van der Waals surface area contributed by atoms with Gasteiger partial charge in [-0.15, -0.1) is 0 Å². The van der Waals surface area contributed by atoms with Gasteiger partial charge in [0, 0.05) is 55.9 Å². The molecule has 2 aromatic rings. The second-order valence-electron chi connectivity index (χ2n) is 9.79. The summed E-state index contributed by atoms with van der Waals surface area (Å²) in [5.41, 5.74) is -1.98. The Balaban J connectivity index is 1.91. The van der Waals surface area contributed by atoms with E-state index in [4.69, 9.17) is 4.74 Å². The van der Waals surface area contributed by atoms with Crippen molar-refractivity contribution in [2.75, 3.05) is 19.6 Å². The normalized spacial score (nSPS) is 18.4. The number of halogens is 3. The molecule has 0 unspecified atom stereocenters. The Hall–Kier alpha value is -3.03. The molecular weight excluding hydrogens is 515 g/mol. The minimum absolute atomic E-state index is 0.0292. The maximum Gasteiger partial charge on any atom is 0.324 e. The van der Waals surface area contributed by atoms with Crippen LogP contribution in [0, 0.1) is 27.6 Å². The fourth-order valence-corrected chi connectivity index (χ4v) is 6.03. The number of benzene rings is 2. The van der Waals surface area contributed by atoms with Gasteiger partial charge in [-0.2, -0.15) is 4.31 Å². The Morgan fingerprint density at radius 3 is 2.30 bits per heavy atom. The van der Waals surface area contributed by atoms with Crippen molar-refractivity contribution in [2.45, 2.75) is 56.7 Å². The number of ether oxygens (including phenoxy) is 1. The molecule has 1 aliphatic rings. The molecule has 0 bridgehead atoms. The van der Waals surface area contributed by atoms with E-state index >= 15 is 0 Å². The number of hydrogen-bond acceptors (Lipinski definition) is 7. The second-order valence-corrected chi connectivity index (χ2v) is 11.6. The van der Waals surface area contributed by atoms with E-state index in [-0.39, 0.29) is 19.6 Å². The zero-order chi connectivity index (χ0) is 27.7. The molecule has 0 aromatic heterocycles. The van der Waals surface area contributed by atoms with E-state index in [2.05, 4.69) is 0 Å². The van der Waals surface area contributed by atoms with Crippen molar-refractivity contribution >= 4 is 21.7 Å². The van der Waals surface area contributed by atoms with Gasteiger partial charge >= 0.3 is 5.97 Å². The lowest BCUT2D eigenvalue weighted by atomic mass is 10.0. The lowest BCUT2D eigenvalue weighted by molar-refractivity contribution is -0.387. The van der Waals surface area contributed by atoms with Gasteiger partial charge in [-0.3, -0.25) is 19.8 Å². The van der Waals surface area contributed by atoms with Crippen LogP contribution in [0.25, 0.3) is 0 Å². The van der Waals surface area contributed by atoms with E-state index in [0.717, 1.165) is 16.4 Å². The first-order chi connectivity index (χ1) is 17.1. The van der Waals surface area contributed by atoms with Crippen LogP contribution in [0.4, 0.5) is 18.9 Å². The first kappa shape index (κ1) is 28.5. The summed E-state index contributed by atoms with van der Waals surface area (Å²) in [6.07, 6.45) is -0.476. The number of carbonyl (C=O) groups is 1. The highest BCUT2D eigenvalue weighted by Gasteiger charge is 2.41. The molecule has 2 aromatic carbocycles. The van der Waals surface area contributed by atoms with Crippen LogP contribution in [-0.2, 0) is 26.0 Å². The van der Waals surface area contributed by atoms with Crippen LogP contribution < -0.4 is 0 Å². The molecule has 0 radical (unpaired) electrons. The number of nitro groups is 1. The minimum Gasteiger partial charge on any atom is -0.459 e. The van der Waals surface area contributed by atoms with Crippen molar-refractivity contribution < 1.29 is 36.0 Å². The van der Waals surface area contributed by atoms with E-state index < -0.39 is 78.6 Å². The topological polar surface area (TPSA) is 110 Å². The first-order valence-electron chi connectivity index (χ1n) is 11.5. The average molecular weight is 544 g/mol. The number of para-hydroxylation sites is 1. The summed E-state index contributed by atoms with van der Waals surface area (Å²) in [5.74, 6) is -4.19. The third-order valence-electron chi connectivity index (χ3n) is 5.87. The van der Waals surface area contributed by atoms with Crippen molar-refractivity contribution in [3.8, 4) is 0 Å². The molecule has 3 rings (SSSR count). The zero-order valence-corrected chi connectivity index (χ0v) is 21.6. The van der Waals surface area contributed by atoms with E-state index in [0.29, 0.717) is 12.1 Å². The summed E-state index contributed by atoms with van der Waals surface area (Å²) >= 11 is 0. The van der Waals surface area contributed by atoms with Crippen molar-refractivity contribution in [1.82, 2.24) is 9.21 Å². The molecule has 9 nitrogen and oxygen atoms in total. The van der Waals surface area contributed by atoms with Gasteiger partial charge in [-0.05, 0) is 33.8 Å². The number of hydrogen-bond donors (Lipinski definition) is 0. The number of carbonyl (C=O) groups excluding carboxylic acids is 1. The van der Waals surface area contributed by atoms with Gasteiger partial charge in [0.25, 0.3) is 5.69 Å². The van der Waals surface area contributed by atoms with Gasteiger partial charge in [0.2, 0.25) is 10.0 Å². The standard InChI is InChI=1S/C24H28F3N3O6S/c1-15-14-28(9-10-29(15)37(34,35)22-8-6-5-7-20(22)30(32)33)21(23(31)36-24(2,3)4)13-17-18(26)11-16(25)12-19(17)27/h5-8,11-12,15,21H,9-10,13-14H2,1-4H3/t15-,21-/m0/s1. The largest absolute Gasteiger partial charge is 0.459 e. The number of rotatable bonds is 7. The molecule has 13 heteroatoms. The summed E-state index contributed by atoms with van der Waals surface area (Å²) < 4.78 is 75.5. The van der Waals surface area contributed by atoms with Crippen molar-refractivity contribution in [3.63, 3.8) is 0 Å². The van der Waals surface area contributed by atoms with Crippen LogP contribution in [0.1, 0.15) is 33.3 Å². The summed E-state index contributed by atoms with van der Waals surface area (Å²) in [6.45, 7) is 6.22. The fraction of sp³-hybridized carbons (Fsp3) is 0.458. The molecule has 1 fully saturated rings. The third-order valence-corrected chi connectivity index (χ3v) is 7.93. The molecule has 0 spiro atoms. The Morgan fingerprint density at radius 1 is 1.16 bits per heavy atom. The van der Waals surface area contributed by atoms with Crippen LogP contribution in [-0.4, -0.2) is 65.8 Å². The van der Waals surface area contributed by atoms with Crippen molar-refractivity contribution in [2.24, 2.45) is 0 Å². The molecular formula is C24H28F3N3O6S. The first-order valence-corrected chi connectivity index (χ1v) is 12.9. The quantitative estimate of drug-likeness (QED) is 0.298. The molecule has 202 valence electrons. The Bertz CT molecular complexity index is 1280. The van der Waals surface area contributed by atoms with Gasteiger partial charge in [0.1, 0.15) is 29.1 Å². The highest BCUT2D eigenvalue weighted by atomic mass is 32.2. The molecule has 1 heterocycles. The number of nitrogens with zero attached hydrogens (tertiary/aromatic N) is 3. The number of sulfonamides is 1. The fourth-order valence-electron chi connectivity index (χ4n) is 4.25. The van der Waals surface area contributed by atoms with Gasteiger partial charge in [0.05, 0.1) is 4.92 Å². The molecule has 1 aliphatic heterocycles. The van der Waals surface area contributed by atoms with E-state index in [9.17, 15) is 36.5 Å². The molecule has 0 amide bonds. The Kier molecular flexibility index (Phi) is 8.30. The molecule has 0 aliphatic carbocycles. The van der Waals surface area contributed by atoms with Gasteiger partial charge < -0.3 is 4.74 Å². The predicted octanol–water partition coefficient (Wildman–Crippen LogP) is 3.66. The van der Waals surface area contributed by atoms with E-state index in [1.54, 1.807) is 32.6 Å². The van der Waals surface area contributed by atoms with Gasteiger partial charge in [-0.25, -0.2) is 21.6 Å². The number of nitro benzene ring substituents is 1. The van der Waals surface area contributed by atoms with Crippen molar-refractivity contribution in [3.05, 3.63) is 69.5 Å². The molecule has 37 heavy (non-hydrogen) atoms. The molecule has 0 N–H and O–H groups in total. The summed E-state index contributed by atoms with van der Waals surface area (Å²) in [5, 5.41) is 11.4. The molecule has 1 saturated heterocycles. The van der Waals surface area contributed by atoms with Gasteiger partial charge in [-0.1, -0.05) is 12.1 Å². The maximum atomic E-state index is 14.4. The Morgan fingerprint density at radius 2 is 1.76 bits per heavy atom. The summed E-state index contributed by atoms with van der Waals surface area (Å²) in [7, 11) is -4.28. The van der Waals surface area contributed by atoms with Crippen molar-refractivity contribution in [1.29, 1.82) is 0 Å². The third kappa shape index (κ3) is 6.46. The maximum absolute atomic E-state index is 14.4. The monoisotopic (exact) mass is 543 g/mol. The van der Waals surface area contributed by atoms with E-state index in [1.165, 1.54) is 12.1 Å². The van der Waals surface area contributed by atoms with Crippen LogP contribution in [0.3, 0.4) is 0 Å². The average Bonchev–Trinajstić information content (AvgIpc) is 2.77. The van der Waals surface area contributed by atoms with Crippen LogP contribution in [0.5, 0.6) is 0 Å². The van der Waals surface area contributed by atoms with Crippen LogP contribution >= 0.6 is 0 Å². The second kappa shape index (κ2) is 10.8. The Labute approximate surface area is 213 Å². The van der Waals surface area contributed by atoms with Crippen LogP contribution in [0.2, 0.25) is 0 Å². The minimum atomic E-state index is -4.28. The highest BCUT2D eigenvalue weighted by Crippen LogP contribution is 2.30. The number of piperazine rings is 1. The molecule has 0 saturated carbocycles. The SMILES string of the molecule is C[C@H]1CN([C@@H](Cc2c(F)cc(F)cc2F)C(=O)OC(C)(C)C)CCN1S(=O)(=O)c1ccccc1[N+](=O)[O-]. The van der Waals surface area contributed by atoms with Crippen LogP contribution in [0.15, 0.2) is 41.3 Å². The highest BCUT2D eigenvalue weighted by molar-refractivity contribution is 7.89. The zero-order valence-electron chi connectivity index (χ0n) is 20.8.